The van der Waals surface area contributed by atoms with E-state index in [1.54, 1.807) is 31.2 Å². The maximum Gasteiger partial charge on any atom is 0.340 e. The largest absolute Gasteiger partial charge is 0.462 e. The summed E-state index contributed by atoms with van der Waals surface area (Å²) in [6.45, 7) is 6.40. The Morgan fingerprint density at radius 2 is 1.88 bits per heavy atom. The number of anilines is 2. The van der Waals surface area contributed by atoms with Crippen LogP contribution in [0.5, 0.6) is 0 Å². The molecule has 0 fully saturated rings. The van der Waals surface area contributed by atoms with Gasteiger partial charge >= 0.3 is 5.97 Å². The van der Waals surface area contributed by atoms with Gasteiger partial charge in [-0.05, 0) is 50.1 Å². The number of esters is 1. The van der Waals surface area contributed by atoms with Gasteiger partial charge in [-0.15, -0.1) is 0 Å². The van der Waals surface area contributed by atoms with E-state index in [9.17, 15) is 9.59 Å². The molecule has 0 aliphatic carbocycles. The second-order valence-corrected chi connectivity index (χ2v) is 6.34. The van der Waals surface area contributed by atoms with Crippen LogP contribution in [-0.2, 0) is 9.53 Å². The van der Waals surface area contributed by atoms with Crippen molar-refractivity contribution in [1.29, 1.82) is 0 Å². The van der Waals surface area contributed by atoms with Crippen molar-refractivity contribution < 1.29 is 14.3 Å². The van der Waals surface area contributed by atoms with Crippen molar-refractivity contribution in [2.24, 2.45) is 0 Å². The second kappa shape index (κ2) is 9.25. The van der Waals surface area contributed by atoms with Crippen LogP contribution in [0.1, 0.15) is 34.8 Å². The Balaban J connectivity index is 1.95. The van der Waals surface area contributed by atoms with Gasteiger partial charge in [-0.3, -0.25) is 4.79 Å². The van der Waals surface area contributed by atoms with E-state index < -0.39 is 5.97 Å². The summed E-state index contributed by atoms with van der Waals surface area (Å²) >= 11 is 6.25. The molecule has 2 aromatic carbocycles. The average molecular weight is 375 g/mol. The molecule has 138 valence electrons. The second-order valence-electron chi connectivity index (χ2n) is 5.93. The minimum absolute atomic E-state index is 0.199. The van der Waals surface area contributed by atoms with Gasteiger partial charge in [0.05, 0.1) is 28.6 Å². The number of amides is 1. The summed E-state index contributed by atoms with van der Waals surface area (Å²) in [5.74, 6) is -0.654. The van der Waals surface area contributed by atoms with Gasteiger partial charge in [0.15, 0.2) is 0 Å². The van der Waals surface area contributed by atoms with Crippen molar-refractivity contribution in [2.45, 2.75) is 27.2 Å². The molecule has 2 rings (SSSR count). The van der Waals surface area contributed by atoms with Crippen LogP contribution in [-0.4, -0.2) is 25.0 Å². The van der Waals surface area contributed by atoms with E-state index in [1.165, 1.54) is 0 Å². The first-order valence-corrected chi connectivity index (χ1v) is 8.86. The third-order valence-electron chi connectivity index (χ3n) is 3.78. The van der Waals surface area contributed by atoms with Crippen LogP contribution >= 0.6 is 11.6 Å². The summed E-state index contributed by atoms with van der Waals surface area (Å²) in [6, 6.07) is 10.7. The lowest BCUT2D eigenvalue weighted by Gasteiger charge is -2.13. The predicted octanol–water partition coefficient (Wildman–Crippen LogP) is 4.57. The molecule has 0 aliphatic rings. The fourth-order valence-corrected chi connectivity index (χ4v) is 3.02. The first kappa shape index (κ1) is 19.8. The zero-order chi connectivity index (χ0) is 19.1. The summed E-state index contributed by atoms with van der Waals surface area (Å²) in [4.78, 5) is 24.2. The van der Waals surface area contributed by atoms with Crippen LogP contribution < -0.4 is 10.6 Å². The number of carbonyl (C=O) groups excluding carboxylic acids is 2. The highest BCUT2D eigenvalue weighted by Crippen LogP contribution is 2.27. The molecule has 2 aromatic rings. The normalized spacial score (nSPS) is 10.3. The smallest absolute Gasteiger partial charge is 0.340 e. The molecule has 0 saturated heterocycles. The molecule has 1 amide bonds. The zero-order valence-corrected chi connectivity index (χ0v) is 15.9. The summed E-state index contributed by atoms with van der Waals surface area (Å²) < 4.78 is 5.01. The Labute approximate surface area is 158 Å². The van der Waals surface area contributed by atoms with Crippen molar-refractivity contribution in [2.75, 3.05) is 23.8 Å². The van der Waals surface area contributed by atoms with Gasteiger partial charge in [-0.2, -0.15) is 0 Å². The number of para-hydroxylation sites is 1. The van der Waals surface area contributed by atoms with E-state index in [4.69, 9.17) is 16.3 Å². The van der Waals surface area contributed by atoms with E-state index in [-0.39, 0.29) is 18.9 Å². The molecule has 5 nitrogen and oxygen atoms in total. The lowest BCUT2D eigenvalue weighted by molar-refractivity contribution is -0.115. The topological polar surface area (TPSA) is 67.4 Å². The maximum absolute atomic E-state index is 12.2. The molecule has 26 heavy (non-hydrogen) atoms. The number of halogens is 1. The molecule has 6 heteroatoms. The summed E-state index contributed by atoms with van der Waals surface area (Å²) in [5.41, 5.74) is 3.74. The molecular formula is C20H23ClN2O3. The van der Waals surface area contributed by atoms with Crippen LogP contribution in [0.25, 0.3) is 0 Å². The molecule has 0 aliphatic heterocycles. The number of carbonyl (C=O) groups is 2. The van der Waals surface area contributed by atoms with Gasteiger partial charge in [-0.25, -0.2) is 4.79 Å². The van der Waals surface area contributed by atoms with E-state index in [0.29, 0.717) is 22.8 Å². The fourth-order valence-electron chi connectivity index (χ4n) is 2.63. The van der Waals surface area contributed by atoms with Crippen molar-refractivity contribution in [3.05, 3.63) is 58.1 Å². The average Bonchev–Trinajstić information content (AvgIpc) is 2.58. The monoisotopic (exact) mass is 374 g/mol. The van der Waals surface area contributed by atoms with Crippen molar-refractivity contribution >= 4 is 34.9 Å². The lowest BCUT2D eigenvalue weighted by Crippen LogP contribution is -2.19. The highest BCUT2D eigenvalue weighted by Gasteiger charge is 2.14. The number of hydrogen-bond donors (Lipinski definition) is 2. The van der Waals surface area contributed by atoms with Gasteiger partial charge in [0.1, 0.15) is 0 Å². The minimum atomic E-state index is -0.455. The van der Waals surface area contributed by atoms with Crippen molar-refractivity contribution in [3.8, 4) is 0 Å². The molecule has 0 saturated carbocycles. The third-order valence-corrected chi connectivity index (χ3v) is 4.08. The molecule has 0 heterocycles. The first-order valence-electron chi connectivity index (χ1n) is 8.49. The number of nitrogens with one attached hydrogen (secondary N) is 2. The number of aryl methyl sites for hydroxylation is 2. The van der Waals surface area contributed by atoms with E-state index in [2.05, 4.69) is 10.6 Å². The number of rotatable bonds is 7. The Kier molecular flexibility index (Phi) is 7.04. The van der Waals surface area contributed by atoms with Gasteiger partial charge < -0.3 is 15.4 Å². The van der Waals surface area contributed by atoms with Crippen LogP contribution in [0.4, 0.5) is 11.4 Å². The van der Waals surface area contributed by atoms with E-state index >= 15 is 0 Å². The molecular weight excluding hydrogens is 352 g/mol. The standard InChI is InChI=1S/C20H23ClN2O3/c1-4-26-20(25)15-7-5-6-8-17(15)23-18(24)9-10-22-19-14(3)11-13(2)12-16(19)21/h5-8,11-12,22H,4,9-10H2,1-3H3,(H,23,24). The first-order chi connectivity index (χ1) is 12.4. The minimum Gasteiger partial charge on any atom is -0.462 e. The van der Waals surface area contributed by atoms with Gasteiger partial charge in [-0.1, -0.05) is 29.8 Å². The molecule has 0 atom stereocenters. The Morgan fingerprint density at radius 1 is 1.15 bits per heavy atom. The van der Waals surface area contributed by atoms with Gasteiger partial charge in [0.2, 0.25) is 5.91 Å². The SMILES string of the molecule is CCOC(=O)c1ccccc1NC(=O)CCNc1c(C)cc(C)cc1Cl. The highest BCUT2D eigenvalue weighted by atomic mass is 35.5. The number of benzene rings is 2. The summed E-state index contributed by atoms with van der Waals surface area (Å²) in [6.07, 6.45) is 0.237. The van der Waals surface area contributed by atoms with Crippen molar-refractivity contribution in [1.82, 2.24) is 0 Å². The predicted molar refractivity (Wildman–Crippen MR) is 105 cm³/mol. The van der Waals surface area contributed by atoms with Crippen LogP contribution in [0, 0.1) is 13.8 Å². The van der Waals surface area contributed by atoms with Crippen LogP contribution in [0.3, 0.4) is 0 Å². The Bertz CT molecular complexity index is 782. The summed E-state index contributed by atoms with van der Waals surface area (Å²) in [5, 5.41) is 6.59. The maximum atomic E-state index is 12.2. The molecule has 0 unspecified atom stereocenters. The highest BCUT2D eigenvalue weighted by molar-refractivity contribution is 6.33. The van der Waals surface area contributed by atoms with E-state index in [1.807, 2.05) is 26.0 Å². The van der Waals surface area contributed by atoms with Gasteiger partial charge in [0.25, 0.3) is 0 Å². The third kappa shape index (κ3) is 5.23. The van der Waals surface area contributed by atoms with E-state index in [0.717, 1.165) is 16.8 Å². The Hall–Kier alpha value is -2.53. The quantitative estimate of drug-likeness (QED) is 0.696. The summed E-state index contributed by atoms with van der Waals surface area (Å²) in [7, 11) is 0. The fraction of sp³-hybridized carbons (Fsp3) is 0.300. The molecule has 0 radical (unpaired) electrons. The van der Waals surface area contributed by atoms with Crippen LogP contribution in [0.15, 0.2) is 36.4 Å². The molecule has 2 N–H and O–H groups in total. The molecule has 0 bridgehead atoms. The lowest BCUT2D eigenvalue weighted by atomic mass is 10.1. The number of ether oxygens (including phenoxy) is 1. The number of hydrogen-bond acceptors (Lipinski definition) is 4. The Morgan fingerprint density at radius 3 is 2.58 bits per heavy atom. The zero-order valence-electron chi connectivity index (χ0n) is 15.2. The molecule has 0 spiro atoms. The molecule has 0 aromatic heterocycles. The van der Waals surface area contributed by atoms with Crippen LogP contribution in [0.2, 0.25) is 5.02 Å². The van der Waals surface area contributed by atoms with Crippen molar-refractivity contribution in [3.63, 3.8) is 0 Å². The van der Waals surface area contributed by atoms with Gasteiger partial charge in [0, 0.05) is 13.0 Å².